The molecule has 0 heterocycles. The average Bonchev–Trinajstić information content (AvgIpc) is 3.32. The molecule has 0 spiro atoms. The van der Waals surface area contributed by atoms with Crippen molar-refractivity contribution in [2.45, 2.75) is 322 Å². The summed E-state index contributed by atoms with van der Waals surface area (Å²) in [6.45, 7) is 7.85. The third-order valence-electron chi connectivity index (χ3n) is 13.2. The molecule has 0 aromatic heterocycles. The molecule has 0 aromatic carbocycles. The van der Waals surface area contributed by atoms with Crippen molar-refractivity contribution in [2.24, 2.45) is 0 Å². The summed E-state index contributed by atoms with van der Waals surface area (Å²) in [5.41, 5.74) is 0. The van der Waals surface area contributed by atoms with Crippen LogP contribution in [0.2, 0.25) is 0 Å². The summed E-state index contributed by atoms with van der Waals surface area (Å²) in [5.74, 6) is -0.400. The van der Waals surface area contributed by atoms with Crippen LogP contribution in [0, 0.1) is 0 Å². The fourth-order valence-corrected chi connectivity index (χ4v) is 8.76. The molecule has 0 radical (unpaired) electrons. The maximum absolute atomic E-state index is 12.9. The van der Waals surface area contributed by atoms with Crippen molar-refractivity contribution in [1.29, 1.82) is 0 Å². The van der Waals surface area contributed by atoms with E-state index >= 15 is 0 Å². The van der Waals surface area contributed by atoms with Crippen LogP contribution in [0.5, 0.6) is 0 Å². The highest BCUT2D eigenvalue weighted by molar-refractivity contribution is 5.70. The van der Waals surface area contributed by atoms with E-state index in [1.54, 1.807) is 0 Å². The maximum Gasteiger partial charge on any atom is 0.306 e. The summed E-state index contributed by atoms with van der Waals surface area (Å²) in [4.78, 5) is 25.5. The monoisotopic (exact) mass is 927 g/mol. The van der Waals surface area contributed by atoms with Gasteiger partial charge in [-0.1, -0.05) is 282 Å². The molecule has 0 saturated heterocycles. The number of carbonyl (C=O) groups is 2. The molecule has 5 nitrogen and oxygen atoms in total. The highest BCUT2D eigenvalue weighted by Gasteiger charge is 2.17. The Morgan fingerprint density at radius 3 is 1.05 bits per heavy atom. The van der Waals surface area contributed by atoms with Gasteiger partial charge in [-0.2, -0.15) is 0 Å². The lowest BCUT2D eigenvalue weighted by Gasteiger charge is -2.18. The van der Waals surface area contributed by atoms with Crippen LogP contribution in [0.25, 0.3) is 0 Å². The molecular weight excluding hydrogens is 813 g/mol. The van der Waals surface area contributed by atoms with Crippen molar-refractivity contribution in [3.8, 4) is 0 Å². The highest BCUT2D eigenvalue weighted by atomic mass is 16.6. The summed E-state index contributed by atoms with van der Waals surface area (Å²) in [6.07, 6.45) is 70.2. The number of ether oxygens (including phenoxy) is 3. The average molecular weight is 928 g/mol. The number of hydrogen-bond donors (Lipinski definition) is 0. The second kappa shape index (κ2) is 57.4. The minimum atomic E-state index is -0.543. The first-order valence-corrected chi connectivity index (χ1v) is 29.5. The van der Waals surface area contributed by atoms with Crippen molar-refractivity contribution in [2.75, 3.05) is 19.8 Å². The standard InChI is InChI=1S/C61H114O5/c1-4-7-10-13-16-19-22-25-28-31-33-36-39-42-45-48-51-54-60(62)65-58-59(57-64-56-53-50-47-44-41-38-35-30-27-24-21-18-15-12-9-6-3)66-61(63)55-52-49-46-43-40-37-34-32-29-26-23-20-17-14-11-8-5-2/h17,20,26,29,34,37,59H,4-16,18-19,21-25,27-28,30-33,35-36,38-58H2,1-3H3/b20-17-,29-26-,37-34-/t59-/m1/s1. The Bertz CT molecular complexity index is 1050. The van der Waals surface area contributed by atoms with Gasteiger partial charge < -0.3 is 14.2 Å². The summed E-state index contributed by atoms with van der Waals surface area (Å²) >= 11 is 0. The van der Waals surface area contributed by atoms with Crippen molar-refractivity contribution >= 4 is 11.9 Å². The number of hydrogen-bond acceptors (Lipinski definition) is 5. The summed E-state index contributed by atoms with van der Waals surface area (Å²) in [7, 11) is 0. The van der Waals surface area contributed by atoms with Crippen LogP contribution in [-0.4, -0.2) is 37.9 Å². The normalized spacial score (nSPS) is 12.3. The Morgan fingerprint density at radius 1 is 0.333 bits per heavy atom. The highest BCUT2D eigenvalue weighted by Crippen LogP contribution is 2.17. The van der Waals surface area contributed by atoms with E-state index in [4.69, 9.17) is 14.2 Å². The van der Waals surface area contributed by atoms with Crippen LogP contribution in [-0.2, 0) is 23.8 Å². The summed E-state index contributed by atoms with van der Waals surface area (Å²) < 4.78 is 17.5. The predicted molar refractivity (Wildman–Crippen MR) is 288 cm³/mol. The molecule has 5 heteroatoms. The fraction of sp³-hybridized carbons (Fsp3) is 0.869. The molecule has 0 aliphatic carbocycles. The molecule has 388 valence electrons. The number of rotatable bonds is 55. The third kappa shape index (κ3) is 54.7. The van der Waals surface area contributed by atoms with Gasteiger partial charge in [-0.15, -0.1) is 0 Å². The third-order valence-corrected chi connectivity index (χ3v) is 13.2. The van der Waals surface area contributed by atoms with Gasteiger partial charge >= 0.3 is 11.9 Å². The molecule has 66 heavy (non-hydrogen) atoms. The van der Waals surface area contributed by atoms with Gasteiger partial charge in [-0.3, -0.25) is 9.59 Å². The maximum atomic E-state index is 12.9. The Labute approximate surface area is 412 Å². The lowest BCUT2D eigenvalue weighted by atomic mass is 10.0. The van der Waals surface area contributed by atoms with Crippen molar-refractivity contribution < 1.29 is 23.8 Å². The van der Waals surface area contributed by atoms with Crippen LogP contribution in [0.4, 0.5) is 0 Å². The first-order valence-electron chi connectivity index (χ1n) is 29.5. The number of esters is 2. The second-order valence-electron chi connectivity index (χ2n) is 19.9. The van der Waals surface area contributed by atoms with E-state index in [-0.39, 0.29) is 25.2 Å². The van der Waals surface area contributed by atoms with Crippen LogP contribution in [0.1, 0.15) is 316 Å². The van der Waals surface area contributed by atoms with E-state index in [0.717, 1.165) is 64.2 Å². The number of carbonyl (C=O) groups excluding carboxylic acids is 2. The lowest BCUT2D eigenvalue weighted by molar-refractivity contribution is -0.163. The molecule has 0 amide bonds. The molecule has 0 rings (SSSR count). The van der Waals surface area contributed by atoms with Gasteiger partial charge in [-0.25, -0.2) is 0 Å². The topological polar surface area (TPSA) is 61.8 Å². The number of allylic oxidation sites excluding steroid dienone is 6. The Kier molecular flexibility index (Phi) is 55.8. The molecule has 0 bridgehead atoms. The summed E-state index contributed by atoms with van der Waals surface area (Å²) in [5, 5.41) is 0. The van der Waals surface area contributed by atoms with Crippen molar-refractivity contribution in [1.82, 2.24) is 0 Å². The van der Waals surface area contributed by atoms with Crippen LogP contribution in [0.15, 0.2) is 36.5 Å². The minimum absolute atomic E-state index is 0.0831. The van der Waals surface area contributed by atoms with Gasteiger partial charge in [0.15, 0.2) is 6.10 Å². The molecule has 1 atom stereocenters. The molecule has 0 saturated carbocycles. The molecule has 0 unspecified atom stereocenters. The van der Waals surface area contributed by atoms with Gasteiger partial charge in [0.05, 0.1) is 6.61 Å². The Hall–Kier alpha value is -1.88. The van der Waals surface area contributed by atoms with E-state index in [2.05, 4.69) is 57.2 Å². The van der Waals surface area contributed by atoms with Gasteiger partial charge in [0.2, 0.25) is 0 Å². The SMILES string of the molecule is CCCCC/C=C\C/C=C\C/C=C\CCCCCCC(=O)O[C@H](COCCCCCCCCCCCCCCCCCC)COC(=O)CCCCCCCCCCCCCCCCCCC. The van der Waals surface area contributed by atoms with E-state index in [1.165, 1.54) is 218 Å². The Balaban J connectivity index is 4.26. The van der Waals surface area contributed by atoms with Crippen LogP contribution in [0.3, 0.4) is 0 Å². The predicted octanol–water partition coefficient (Wildman–Crippen LogP) is 20.1. The zero-order valence-corrected chi connectivity index (χ0v) is 44.7. The first-order chi connectivity index (χ1) is 32.6. The minimum Gasteiger partial charge on any atom is -0.462 e. The first kappa shape index (κ1) is 64.1. The zero-order chi connectivity index (χ0) is 47.7. The second-order valence-corrected chi connectivity index (χ2v) is 19.9. The van der Waals surface area contributed by atoms with Crippen LogP contribution < -0.4 is 0 Å². The van der Waals surface area contributed by atoms with Gasteiger partial charge in [-0.05, 0) is 57.8 Å². The van der Waals surface area contributed by atoms with E-state index in [9.17, 15) is 9.59 Å². The molecule has 0 aliphatic heterocycles. The smallest absolute Gasteiger partial charge is 0.306 e. The van der Waals surface area contributed by atoms with Gasteiger partial charge in [0.1, 0.15) is 6.61 Å². The largest absolute Gasteiger partial charge is 0.462 e. The van der Waals surface area contributed by atoms with E-state index < -0.39 is 6.10 Å². The number of unbranched alkanes of at least 4 members (excludes halogenated alkanes) is 38. The molecule has 0 aromatic rings. The molecule has 0 aliphatic rings. The lowest BCUT2D eigenvalue weighted by Crippen LogP contribution is -2.30. The summed E-state index contributed by atoms with van der Waals surface area (Å²) in [6, 6.07) is 0. The fourth-order valence-electron chi connectivity index (χ4n) is 8.76. The Morgan fingerprint density at radius 2 is 0.636 bits per heavy atom. The van der Waals surface area contributed by atoms with Crippen molar-refractivity contribution in [3.63, 3.8) is 0 Å². The molecule has 0 N–H and O–H groups in total. The molecule has 0 fully saturated rings. The van der Waals surface area contributed by atoms with E-state index in [1.807, 2.05) is 0 Å². The zero-order valence-electron chi connectivity index (χ0n) is 44.7. The van der Waals surface area contributed by atoms with Gasteiger partial charge in [0.25, 0.3) is 0 Å². The quantitative estimate of drug-likeness (QED) is 0.0345. The van der Waals surface area contributed by atoms with Crippen LogP contribution >= 0.6 is 0 Å². The van der Waals surface area contributed by atoms with Crippen molar-refractivity contribution in [3.05, 3.63) is 36.5 Å². The van der Waals surface area contributed by atoms with E-state index in [0.29, 0.717) is 19.4 Å². The molecular formula is C61H114O5. The van der Waals surface area contributed by atoms with Gasteiger partial charge in [0, 0.05) is 19.4 Å².